The first-order valence-electron chi connectivity index (χ1n) is 5.89. The smallest absolute Gasteiger partial charge is 0.199 e. The van der Waals surface area contributed by atoms with Crippen molar-refractivity contribution in [1.29, 1.82) is 10.8 Å². The van der Waals surface area contributed by atoms with E-state index in [-0.39, 0.29) is 11.9 Å². The first-order chi connectivity index (χ1) is 9.02. The number of halogens is 1. The van der Waals surface area contributed by atoms with Gasteiger partial charge in [0.15, 0.2) is 11.9 Å². The predicted molar refractivity (Wildman–Crippen MR) is 81.0 cm³/mol. The highest BCUT2D eigenvalue weighted by atomic mass is 35.5. The molecule has 0 radical (unpaired) electrons. The molecule has 0 amide bonds. The molecule has 0 unspecified atom stereocenters. The molecule has 1 rings (SSSR count). The number of hydrogen-bond acceptors (Lipinski definition) is 2. The minimum absolute atomic E-state index is 0.0891. The molecule has 0 atom stereocenters. The Morgan fingerprint density at radius 1 is 1.42 bits per heavy atom. The van der Waals surface area contributed by atoms with E-state index in [9.17, 15) is 0 Å². The van der Waals surface area contributed by atoms with Gasteiger partial charge in [0.05, 0.1) is 10.7 Å². The van der Waals surface area contributed by atoms with Crippen LogP contribution in [0, 0.1) is 10.8 Å². The zero-order valence-corrected chi connectivity index (χ0v) is 11.3. The van der Waals surface area contributed by atoms with E-state index in [2.05, 4.69) is 17.2 Å². The quantitative estimate of drug-likeness (QED) is 0.248. The van der Waals surface area contributed by atoms with Crippen LogP contribution in [0.3, 0.4) is 0 Å². The van der Waals surface area contributed by atoms with Crippen molar-refractivity contribution in [2.24, 2.45) is 5.73 Å². The molecule has 0 bridgehead atoms. The van der Waals surface area contributed by atoms with Crippen LogP contribution in [0.15, 0.2) is 30.9 Å². The van der Waals surface area contributed by atoms with E-state index in [0.29, 0.717) is 10.7 Å². The fourth-order valence-electron chi connectivity index (χ4n) is 1.57. The summed E-state index contributed by atoms with van der Waals surface area (Å²) >= 11 is 6.13. The zero-order chi connectivity index (χ0) is 14.3. The van der Waals surface area contributed by atoms with E-state index < -0.39 is 0 Å². The summed E-state index contributed by atoms with van der Waals surface area (Å²) in [6, 6.07) is 5.63. The molecule has 5 nitrogen and oxygen atoms in total. The largest absolute Gasteiger partial charge is 0.370 e. The fraction of sp³-hybridized carbons (Fsp3) is 0.231. The summed E-state index contributed by atoms with van der Waals surface area (Å²) in [5, 5.41) is 20.2. The predicted octanol–water partition coefficient (Wildman–Crippen LogP) is 2.68. The average molecular weight is 280 g/mol. The Morgan fingerprint density at radius 3 is 2.74 bits per heavy atom. The number of hydrogen-bond donors (Lipinski definition) is 5. The number of rotatable bonds is 5. The minimum atomic E-state index is -0.297. The Labute approximate surface area is 117 Å². The van der Waals surface area contributed by atoms with Crippen LogP contribution in [0.4, 0.5) is 5.69 Å². The number of nitrogens with two attached hydrogens (primary N) is 1. The van der Waals surface area contributed by atoms with E-state index in [1.54, 1.807) is 0 Å². The van der Waals surface area contributed by atoms with Gasteiger partial charge in [0.2, 0.25) is 0 Å². The van der Waals surface area contributed by atoms with Crippen LogP contribution in [0.2, 0.25) is 5.02 Å². The van der Waals surface area contributed by atoms with Gasteiger partial charge >= 0.3 is 0 Å². The summed E-state index contributed by atoms with van der Waals surface area (Å²) < 4.78 is 0. The maximum absolute atomic E-state index is 7.53. The lowest BCUT2D eigenvalue weighted by molar-refractivity contribution is 0.844. The third kappa shape index (κ3) is 5.44. The molecule has 0 saturated carbocycles. The number of guanidine groups is 2. The summed E-state index contributed by atoms with van der Waals surface area (Å²) in [6.45, 7) is 3.69. The molecule has 0 saturated heterocycles. The summed E-state index contributed by atoms with van der Waals surface area (Å²) in [6.07, 6.45) is 4.85. The van der Waals surface area contributed by atoms with Gasteiger partial charge in [0.1, 0.15) is 0 Å². The molecule has 102 valence electrons. The maximum atomic E-state index is 7.53. The molecule has 0 aliphatic heterocycles. The molecule has 0 spiro atoms. The molecule has 6 heteroatoms. The third-order valence-electron chi connectivity index (χ3n) is 2.43. The topological polar surface area (TPSA) is 97.8 Å². The van der Waals surface area contributed by atoms with E-state index >= 15 is 0 Å². The minimum Gasteiger partial charge on any atom is -0.370 e. The number of unbranched alkanes of at least 4 members (excludes halogenated alkanes) is 1. The van der Waals surface area contributed by atoms with Gasteiger partial charge < -0.3 is 11.1 Å². The molecule has 0 aliphatic rings. The number of nitrogens with one attached hydrogen (secondary N) is 4. The Kier molecular flexibility index (Phi) is 5.89. The van der Waals surface area contributed by atoms with Crippen LogP contribution in [0.5, 0.6) is 0 Å². The Morgan fingerprint density at radius 2 is 2.16 bits per heavy atom. The molecule has 1 aromatic carbocycles. The Hall–Kier alpha value is -2.01. The average Bonchev–Trinajstić information content (AvgIpc) is 2.32. The van der Waals surface area contributed by atoms with Crippen LogP contribution in [0.1, 0.15) is 18.4 Å². The normalized spacial score (nSPS) is 9.74. The van der Waals surface area contributed by atoms with E-state index in [0.717, 1.165) is 24.8 Å². The second-order valence-electron chi connectivity index (χ2n) is 4.03. The fourth-order valence-corrected chi connectivity index (χ4v) is 1.82. The summed E-state index contributed by atoms with van der Waals surface area (Å²) in [7, 11) is 0. The van der Waals surface area contributed by atoms with Gasteiger partial charge in [-0.25, -0.2) is 0 Å². The second-order valence-corrected chi connectivity index (χ2v) is 4.44. The molecule has 0 fully saturated rings. The van der Waals surface area contributed by atoms with Crippen LogP contribution in [0.25, 0.3) is 0 Å². The maximum Gasteiger partial charge on any atom is 0.199 e. The number of anilines is 1. The van der Waals surface area contributed by atoms with E-state index in [1.807, 2.05) is 24.3 Å². The van der Waals surface area contributed by atoms with Crippen molar-refractivity contribution in [3.63, 3.8) is 0 Å². The molecule has 1 aromatic rings. The van der Waals surface area contributed by atoms with Gasteiger partial charge in [0.25, 0.3) is 0 Å². The molecular formula is C13H18ClN5. The number of benzene rings is 1. The highest BCUT2D eigenvalue weighted by molar-refractivity contribution is 6.33. The van der Waals surface area contributed by atoms with Crippen molar-refractivity contribution in [1.82, 2.24) is 5.32 Å². The lowest BCUT2D eigenvalue weighted by Crippen LogP contribution is -2.39. The zero-order valence-electron chi connectivity index (χ0n) is 10.6. The summed E-state index contributed by atoms with van der Waals surface area (Å²) in [5.41, 5.74) is 6.87. The van der Waals surface area contributed by atoms with Crippen LogP contribution >= 0.6 is 11.6 Å². The van der Waals surface area contributed by atoms with Crippen molar-refractivity contribution in [2.45, 2.75) is 19.3 Å². The summed E-state index contributed by atoms with van der Waals surface area (Å²) in [4.78, 5) is 0. The van der Waals surface area contributed by atoms with Crippen molar-refractivity contribution in [3.8, 4) is 0 Å². The van der Waals surface area contributed by atoms with E-state index in [4.69, 9.17) is 28.2 Å². The lowest BCUT2D eigenvalue weighted by Gasteiger charge is -2.11. The molecular weight excluding hydrogens is 262 g/mol. The van der Waals surface area contributed by atoms with Gasteiger partial charge in [-0.3, -0.25) is 16.1 Å². The highest BCUT2D eigenvalue weighted by Crippen LogP contribution is 2.23. The Balaban J connectivity index is 2.63. The molecule has 0 aromatic heterocycles. The van der Waals surface area contributed by atoms with Gasteiger partial charge in [0, 0.05) is 0 Å². The summed E-state index contributed by atoms with van der Waals surface area (Å²) in [5.74, 6) is -0.386. The third-order valence-corrected chi connectivity index (χ3v) is 2.74. The van der Waals surface area contributed by atoms with Crippen molar-refractivity contribution >= 4 is 29.2 Å². The second kappa shape index (κ2) is 7.43. The van der Waals surface area contributed by atoms with Crippen LogP contribution < -0.4 is 16.4 Å². The van der Waals surface area contributed by atoms with Crippen LogP contribution in [-0.4, -0.2) is 11.9 Å². The number of allylic oxidation sites excluding steroid dienone is 1. The standard InChI is InChI=1S/C13H18ClN5/c1-2-3-4-5-9-6-7-11(10(14)8-9)18-13(17)19-12(15)16/h2,6-8H,1,3-5H2,(H6,15,16,17,18,19). The van der Waals surface area contributed by atoms with Gasteiger partial charge in [-0.1, -0.05) is 23.7 Å². The lowest BCUT2D eigenvalue weighted by atomic mass is 10.1. The molecule has 6 N–H and O–H groups in total. The molecule has 0 aliphatic carbocycles. The molecule has 19 heavy (non-hydrogen) atoms. The SMILES string of the molecule is C=CCCCc1ccc(NC(=N)NC(=N)N)c(Cl)c1. The van der Waals surface area contributed by atoms with Gasteiger partial charge in [-0.05, 0) is 37.0 Å². The first-order valence-corrected chi connectivity index (χ1v) is 6.26. The van der Waals surface area contributed by atoms with E-state index in [1.165, 1.54) is 0 Å². The Bertz CT molecular complexity index is 484. The van der Waals surface area contributed by atoms with Gasteiger partial charge in [-0.2, -0.15) is 0 Å². The van der Waals surface area contributed by atoms with Crippen molar-refractivity contribution < 1.29 is 0 Å². The van der Waals surface area contributed by atoms with Crippen molar-refractivity contribution in [2.75, 3.05) is 5.32 Å². The first kappa shape index (κ1) is 15.0. The number of aryl methyl sites for hydroxylation is 1. The highest BCUT2D eigenvalue weighted by Gasteiger charge is 2.04. The van der Waals surface area contributed by atoms with Crippen LogP contribution in [-0.2, 0) is 6.42 Å². The monoisotopic (exact) mass is 279 g/mol. The van der Waals surface area contributed by atoms with Crippen molar-refractivity contribution in [3.05, 3.63) is 41.4 Å². The molecule has 0 heterocycles. The van der Waals surface area contributed by atoms with Gasteiger partial charge in [-0.15, -0.1) is 6.58 Å².